The van der Waals surface area contributed by atoms with Crippen molar-refractivity contribution >= 4 is 19.8 Å². The number of aliphatic carboxylic acids is 1. The number of esters is 1. The molecule has 0 radical (unpaired) electrons. The van der Waals surface area contributed by atoms with Crippen LogP contribution < -0.4 is 5.73 Å². The minimum absolute atomic E-state index is 0.000388. The number of carbonyl (C=O) groups excluding carboxylic acids is 1. The third-order valence-corrected chi connectivity index (χ3v) is 11.3. The van der Waals surface area contributed by atoms with Crippen LogP contribution in [-0.2, 0) is 32.7 Å². The van der Waals surface area contributed by atoms with Gasteiger partial charge in [-0.15, -0.1) is 0 Å². The van der Waals surface area contributed by atoms with Crippen LogP contribution in [0.3, 0.4) is 0 Å². The number of hydrogen-bond donors (Lipinski definition) is 3. The van der Waals surface area contributed by atoms with Crippen molar-refractivity contribution < 1.29 is 42.7 Å². The zero-order chi connectivity index (χ0) is 44.8. The predicted molar refractivity (Wildman–Crippen MR) is 254 cm³/mol. The lowest BCUT2D eigenvalue weighted by atomic mass is 10.0. The molecule has 3 unspecified atom stereocenters. The fraction of sp³-hybridized carbons (Fsp3) is 0.760. The molecule has 3 atom stereocenters. The molecule has 0 aromatic heterocycles. The molecule has 10 nitrogen and oxygen atoms in total. The molecular formula is C50H90NO9P. The smallest absolute Gasteiger partial charge is 0.472 e. The summed E-state index contributed by atoms with van der Waals surface area (Å²) < 4.78 is 33.4. The van der Waals surface area contributed by atoms with Gasteiger partial charge in [-0.25, -0.2) is 4.57 Å². The summed E-state index contributed by atoms with van der Waals surface area (Å²) in [5.74, 6) is -1.79. The first kappa shape index (κ1) is 58.7. The number of nitrogens with two attached hydrogens (primary N) is 1. The molecule has 0 bridgehead atoms. The Hall–Kier alpha value is -2.33. The highest BCUT2D eigenvalue weighted by molar-refractivity contribution is 7.47. The van der Waals surface area contributed by atoms with Gasteiger partial charge in [-0.05, 0) is 57.8 Å². The Morgan fingerprint density at radius 3 is 1.43 bits per heavy atom. The molecule has 354 valence electrons. The summed E-state index contributed by atoms with van der Waals surface area (Å²) in [5, 5.41) is 8.92. The monoisotopic (exact) mass is 880 g/mol. The van der Waals surface area contributed by atoms with E-state index in [2.05, 4.69) is 74.6 Å². The average molecular weight is 880 g/mol. The van der Waals surface area contributed by atoms with Crippen molar-refractivity contribution in [1.82, 2.24) is 0 Å². The Balaban J connectivity index is 4.22. The molecule has 0 fully saturated rings. The van der Waals surface area contributed by atoms with Crippen molar-refractivity contribution in [3.8, 4) is 0 Å². The number of phosphoric acid groups is 1. The van der Waals surface area contributed by atoms with Crippen molar-refractivity contribution in [3.05, 3.63) is 60.8 Å². The molecule has 0 aromatic carbocycles. The number of unbranched alkanes of at least 4 members (excludes halogenated alkanes) is 22. The van der Waals surface area contributed by atoms with Crippen LogP contribution in [-0.4, -0.2) is 60.5 Å². The Morgan fingerprint density at radius 1 is 0.541 bits per heavy atom. The van der Waals surface area contributed by atoms with Gasteiger partial charge in [0.25, 0.3) is 0 Å². The topological polar surface area (TPSA) is 155 Å². The standard InChI is InChI=1S/C50H90NO9P/c1-3-5-7-9-11-13-15-17-19-21-23-25-27-29-31-33-35-37-39-41-43-57-44-47(45-58-61(55,56)59-46-48(51)50(53)54)60-49(52)42-40-38-36-34-32-30-28-26-24-22-20-18-16-14-12-10-8-6-4-2/h5,7,11,13,17,19,23,25,29,31,47-48H,3-4,6,8-10,12,14-16,18,20-22,24,26-28,30,32-46,51H2,1-2H3,(H,53,54)(H,55,56)/b7-5-,13-11-,19-17-,25-23-,31-29-. The molecule has 0 heterocycles. The summed E-state index contributed by atoms with van der Waals surface area (Å²) in [4.78, 5) is 33.6. The molecule has 0 aliphatic heterocycles. The van der Waals surface area contributed by atoms with Gasteiger partial charge in [0.2, 0.25) is 0 Å². The van der Waals surface area contributed by atoms with Crippen LogP contribution >= 0.6 is 7.82 Å². The highest BCUT2D eigenvalue weighted by Gasteiger charge is 2.27. The van der Waals surface area contributed by atoms with Gasteiger partial charge in [0.1, 0.15) is 12.1 Å². The third kappa shape index (κ3) is 45.5. The SMILES string of the molecule is CC/C=C\C/C=C\C/C=C\C/C=C\C/C=C\CCCCCCOCC(COP(=O)(O)OCC(N)C(=O)O)OC(=O)CCCCCCCCCCCCCCCCCCCCC. The van der Waals surface area contributed by atoms with Crippen LogP contribution in [0, 0.1) is 0 Å². The normalized spacial score (nSPS) is 14.3. The molecule has 11 heteroatoms. The second-order valence-corrected chi connectivity index (χ2v) is 17.7. The maximum Gasteiger partial charge on any atom is 0.472 e. The van der Waals surface area contributed by atoms with E-state index in [1.54, 1.807) is 0 Å². The van der Waals surface area contributed by atoms with Gasteiger partial charge in [-0.2, -0.15) is 0 Å². The molecular weight excluding hydrogens is 790 g/mol. The van der Waals surface area contributed by atoms with Crippen LogP contribution in [0.15, 0.2) is 60.8 Å². The fourth-order valence-corrected chi connectivity index (χ4v) is 7.35. The van der Waals surface area contributed by atoms with Crippen molar-refractivity contribution in [2.75, 3.05) is 26.4 Å². The quantitative estimate of drug-likeness (QED) is 0.0233. The second-order valence-electron chi connectivity index (χ2n) is 16.2. The van der Waals surface area contributed by atoms with Crippen LogP contribution in [0.25, 0.3) is 0 Å². The van der Waals surface area contributed by atoms with Gasteiger partial charge in [0, 0.05) is 13.0 Å². The van der Waals surface area contributed by atoms with Crippen LogP contribution in [0.5, 0.6) is 0 Å². The minimum Gasteiger partial charge on any atom is -0.480 e. The fourth-order valence-electron chi connectivity index (χ4n) is 6.57. The molecule has 4 N–H and O–H groups in total. The Kier molecular flexibility index (Phi) is 43.9. The Labute approximate surface area is 372 Å². The maximum atomic E-state index is 12.7. The van der Waals surface area contributed by atoms with E-state index < -0.39 is 45.1 Å². The number of hydrogen-bond acceptors (Lipinski definition) is 8. The third-order valence-electron chi connectivity index (χ3n) is 10.3. The summed E-state index contributed by atoms with van der Waals surface area (Å²) in [6.07, 6.45) is 55.6. The molecule has 0 rings (SSSR count). The first-order chi connectivity index (χ1) is 29.7. The highest BCUT2D eigenvalue weighted by atomic mass is 31.2. The lowest BCUT2D eigenvalue weighted by Gasteiger charge is -2.20. The van der Waals surface area contributed by atoms with Crippen molar-refractivity contribution in [2.45, 2.75) is 219 Å². The molecule has 0 amide bonds. The van der Waals surface area contributed by atoms with Crippen molar-refractivity contribution in [1.29, 1.82) is 0 Å². The highest BCUT2D eigenvalue weighted by Crippen LogP contribution is 2.43. The van der Waals surface area contributed by atoms with Crippen LogP contribution in [0.4, 0.5) is 0 Å². The van der Waals surface area contributed by atoms with Gasteiger partial charge in [0.05, 0.1) is 19.8 Å². The Morgan fingerprint density at radius 2 is 0.951 bits per heavy atom. The molecule has 0 saturated carbocycles. The Bertz CT molecular complexity index is 1200. The minimum atomic E-state index is -4.63. The number of ether oxygens (including phenoxy) is 2. The maximum absolute atomic E-state index is 12.7. The van der Waals surface area contributed by atoms with Gasteiger partial charge >= 0.3 is 19.8 Å². The van der Waals surface area contributed by atoms with E-state index in [0.29, 0.717) is 13.0 Å². The van der Waals surface area contributed by atoms with E-state index >= 15 is 0 Å². The van der Waals surface area contributed by atoms with E-state index in [1.807, 2.05) is 0 Å². The van der Waals surface area contributed by atoms with E-state index in [4.69, 9.17) is 29.4 Å². The second kappa shape index (κ2) is 45.7. The van der Waals surface area contributed by atoms with Gasteiger partial charge < -0.3 is 25.2 Å². The lowest BCUT2D eigenvalue weighted by molar-refractivity contribution is -0.154. The number of rotatable bonds is 46. The summed E-state index contributed by atoms with van der Waals surface area (Å²) in [5.41, 5.74) is 5.37. The predicted octanol–water partition coefficient (Wildman–Crippen LogP) is 14.0. The number of allylic oxidation sites excluding steroid dienone is 10. The van der Waals surface area contributed by atoms with Gasteiger partial charge in [0.15, 0.2) is 0 Å². The molecule has 0 saturated heterocycles. The molecule has 0 aliphatic carbocycles. The van der Waals surface area contributed by atoms with E-state index in [-0.39, 0.29) is 13.0 Å². The summed E-state index contributed by atoms with van der Waals surface area (Å²) in [6.45, 7) is 3.73. The average Bonchev–Trinajstić information content (AvgIpc) is 3.24. The first-order valence-electron chi connectivity index (χ1n) is 24.3. The van der Waals surface area contributed by atoms with E-state index in [0.717, 1.165) is 83.5 Å². The zero-order valence-corrected chi connectivity index (χ0v) is 39.6. The van der Waals surface area contributed by atoms with Crippen molar-refractivity contribution in [2.24, 2.45) is 5.73 Å². The van der Waals surface area contributed by atoms with Crippen LogP contribution in [0.1, 0.15) is 206 Å². The zero-order valence-electron chi connectivity index (χ0n) is 38.7. The van der Waals surface area contributed by atoms with Crippen molar-refractivity contribution in [3.63, 3.8) is 0 Å². The molecule has 0 aliphatic rings. The van der Waals surface area contributed by atoms with Crippen LogP contribution in [0.2, 0.25) is 0 Å². The molecule has 0 spiro atoms. The summed E-state index contributed by atoms with van der Waals surface area (Å²) in [6, 6.07) is -1.48. The van der Waals surface area contributed by atoms with E-state index in [9.17, 15) is 19.0 Å². The lowest BCUT2D eigenvalue weighted by Crippen LogP contribution is -2.34. The number of phosphoric ester groups is 1. The number of carbonyl (C=O) groups is 2. The summed E-state index contributed by atoms with van der Waals surface area (Å²) >= 11 is 0. The van der Waals surface area contributed by atoms with Gasteiger partial charge in [-0.1, -0.05) is 203 Å². The number of carboxylic acids is 1. The van der Waals surface area contributed by atoms with Gasteiger partial charge in [-0.3, -0.25) is 18.6 Å². The molecule has 0 aromatic rings. The first-order valence-corrected chi connectivity index (χ1v) is 25.8. The molecule has 61 heavy (non-hydrogen) atoms. The number of carboxylic acid groups (broad SMARTS) is 1. The van der Waals surface area contributed by atoms with E-state index in [1.165, 1.54) is 96.3 Å². The largest absolute Gasteiger partial charge is 0.480 e. The summed E-state index contributed by atoms with van der Waals surface area (Å²) in [7, 11) is -4.63.